The van der Waals surface area contributed by atoms with Gasteiger partial charge in [0.05, 0.1) is 7.11 Å². The Hall–Kier alpha value is -2.03. The molecule has 0 aliphatic heterocycles. The van der Waals surface area contributed by atoms with E-state index in [0.717, 1.165) is 11.3 Å². The standard InChI is InChI=1S/C13H15NO2/c1-3-9-14-13(15)8-7-11-5-4-6-12(10-11)16-2/h3-8,10H,1,9H2,2H3,(H,14,15). The number of rotatable bonds is 5. The van der Waals surface area contributed by atoms with Crippen LogP contribution < -0.4 is 10.1 Å². The van der Waals surface area contributed by atoms with Crippen molar-refractivity contribution < 1.29 is 9.53 Å². The van der Waals surface area contributed by atoms with E-state index in [-0.39, 0.29) is 5.91 Å². The highest BCUT2D eigenvalue weighted by Crippen LogP contribution is 2.13. The summed E-state index contributed by atoms with van der Waals surface area (Å²) in [5.41, 5.74) is 0.924. The molecule has 0 aliphatic rings. The minimum absolute atomic E-state index is 0.136. The van der Waals surface area contributed by atoms with Crippen LogP contribution in [0, 0.1) is 0 Å². The van der Waals surface area contributed by atoms with Crippen LogP contribution in [0.15, 0.2) is 43.0 Å². The highest BCUT2D eigenvalue weighted by molar-refractivity contribution is 5.91. The molecule has 3 nitrogen and oxygen atoms in total. The summed E-state index contributed by atoms with van der Waals surface area (Å²) in [5, 5.41) is 2.66. The first-order valence-corrected chi connectivity index (χ1v) is 4.97. The Morgan fingerprint density at radius 1 is 1.56 bits per heavy atom. The molecule has 0 bridgehead atoms. The van der Waals surface area contributed by atoms with Gasteiger partial charge < -0.3 is 10.1 Å². The number of carbonyl (C=O) groups excluding carboxylic acids is 1. The minimum Gasteiger partial charge on any atom is -0.497 e. The second-order valence-corrected chi connectivity index (χ2v) is 3.14. The number of methoxy groups -OCH3 is 1. The lowest BCUT2D eigenvalue weighted by atomic mass is 10.2. The monoisotopic (exact) mass is 217 g/mol. The molecule has 1 rings (SSSR count). The fourth-order valence-corrected chi connectivity index (χ4v) is 1.15. The Balaban J connectivity index is 2.61. The van der Waals surface area contributed by atoms with Gasteiger partial charge in [-0.2, -0.15) is 0 Å². The van der Waals surface area contributed by atoms with Crippen molar-refractivity contribution in [3.05, 3.63) is 48.6 Å². The van der Waals surface area contributed by atoms with Crippen LogP contribution in [0.25, 0.3) is 6.08 Å². The lowest BCUT2D eigenvalue weighted by molar-refractivity contribution is -0.116. The van der Waals surface area contributed by atoms with Crippen LogP contribution in [-0.2, 0) is 4.79 Å². The van der Waals surface area contributed by atoms with Crippen LogP contribution >= 0.6 is 0 Å². The maximum atomic E-state index is 11.3. The van der Waals surface area contributed by atoms with Gasteiger partial charge in [0.2, 0.25) is 5.91 Å². The van der Waals surface area contributed by atoms with E-state index >= 15 is 0 Å². The molecule has 0 atom stereocenters. The molecular weight excluding hydrogens is 202 g/mol. The van der Waals surface area contributed by atoms with Crippen molar-refractivity contribution in [2.45, 2.75) is 0 Å². The summed E-state index contributed by atoms with van der Waals surface area (Å²) in [5.74, 6) is 0.636. The Labute approximate surface area is 95.4 Å². The van der Waals surface area contributed by atoms with Gasteiger partial charge in [-0.3, -0.25) is 4.79 Å². The van der Waals surface area contributed by atoms with Crippen molar-refractivity contribution in [1.29, 1.82) is 0 Å². The maximum Gasteiger partial charge on any atom is 0.244 e. The molecule has 0 saturated carbocycles. The van der Waals surface area contributed by atoms with Gasteiger partial charge in [0.1, 0.15) is 5.75 Å². The normalized spacial score (nSPS) is 10.1. The molecule has 0 aromatic heterocycles. The molecule has 0 saturated heterocycles. The number of hydrogen-bond acceptors (Lipinski definition) is 2. The molecule has 1 aromatic carbocycles. The van der Waals surface area contributed by atoms with Crippen LogP contribution in [0.4, 0.5) is 0 Å². The van der Waals surface area contributed by atoms with Crippen LogP contribution in [0.2, 0.25) is 0 Å². The molecule has 0 radical (unpaired) electrons. The highest BCUT2D eigenvalue weighted by atomic mass is 16.5. The van der Waals surface area contributed by atoms with Crippen molar-refractivity contribution in [1.82, 2.24) is 5.32 Å². The van der Waals surface area contributed by atoms with E-state index in [1.807, 2.05) is 24.3 Å². The second kappa shape index (κ2) is 6.45. The van der Waals surface area contributed by atoms with Gasteiger partial charge in [-0.25, -0.2) is 0 Å². The lowest BCUT2D eigenvalue weighted by Gasteiger charge is -2.00. The van der Waals surface area contributed by atoms with Crippen LogP contribution in [0.3, 0.4) is 0 Å². The molecule has 0 aliphatic carbocycles. The summed E-state index contributed by atoms with van der Waals surface area (Å²) >= 11 is 0. The second-order valence-electron chi connectivity index (χ2n) is 3.14. The summed E-state index contributed by atoms with van der Waals surface area (Å²) < 4.78 is 5.08. The highest BCUT2D eigenvalue weighted by Gasteiger charge is 1.94. The average molecular weight is 217 g/mol. The van der Waals surface area contributed by atoms with E-state index in [2.05, 4.69) is 11.9 Å². The van der Waals surface area contributed by atoms with Crippen molar-refractivity contribution in [3.8, 4) is 5.75 Å². The molecule has 1 aromatic rings. The SMILES string of the molecule is C=CCNC(=O)C=Cc1cccc(OC)c1. The topological polar surface area (TPSA) is 38.3 Å². The zero-order valence-corrected chi connectivity index (χ0v) is 9.27. The first kappa shape index (κ1) is 12.0. The van der Waals surface area contributed by atoms with E-state index in [1.165, 1.54) is 6.08 Å². The Morgan fingerprint density at radius 3 is 3.06 bits per heavy atom. The largest absolute Gasteiger partial charge is 0.497 e. The number of nitrogens with one attached hydrogen (secondary N) is 1. The third kappa shape index (κ3) is 4.00. The van der Waals surface area contributed by atoms with Crippen LogP contribution in [0.5, 0.6) is 5.75 Å². The minimum atomic E-state index is -0.136. The summed E-state index contributed by atoms with van der Waals surface area (Å²) in [6, 6.07) is 7.49. The molecule has 0 unspecified atom stereocenters. The van der Waals surface area contributed by atoms with Crippen molar-refractivity contribution in [3.63, 3.8) is 0 Å². The average Bonchev–Trinajstić information content (AvgIpc) is 2.34. The van der Waals surface area contributed by atoms with E-state index in [0.29, 0.717) is 6.54 Å². The fraction of sp³-hybridized carbons (Fsp3) is 0.154. The predicted octanol–water partition coefficient (Wildman–Crippen LogP) is 2.01. The number of amides is 1. The molecule has 0 fully saturated rings. The summed E-state index contributed by atoms with van der Waals surface area (Å²) in [7, 11) is 1.61. The van der Waals surface area contributed by atoms with E-state index in [9.17, 15) is 4.79 Å². The van der Waals surface area contributed by atoms with Gasteiger partial charge in [-0.15, -0.1) is 6.58 Å². The van der Waals surface area contributed by atoms with E-state index < -0.39 is 0 Å². The molecule has 0 heterocycles. The van der Waals surface area contributed by atoms with E-state index in [4.69, 9.17) is 4.74 Å². The number of carbonyl (C=O) groups is 1. The quantitative estimate of drug-likeness (QED) is 0.605. The number of ether oxygens (including phenoxy) is 1. The van der Waals surface area contributed by atoms with Gasteiger partial charge in [0.15, 0.2) is 0 Å². The smallest absolute Gasteiger partial charge is 0.244 e. The van der Waals surface area contributed by atoms with E-state index in [1.54, 1.807) is 19.3 Å². The molecule has 0 spiro atoms. The van der Waals surface area contributed by atoms with Crippen LogP contribution in [0.1, 0.15) is 5.56 Å². The molecule has 84 valence electrons. The van der Waals surface area contributed by atoms with Gasteiger partial charge in [0.25, 0.3) is 0 Å². The Kier molecular flexibility index (Phi) is 4.86. The molecule has 1 amide bonds. The van der Waals surface area contributed by atoms with Crippen molar-refractivity contribution in [2.24, 2.45) is 0 Å². The van der Waals surface area contributed by atoms with Crippen LogP contribution in [-0.4, -0.2) is 19.6 Å². The Morgan fingerprint density at radius 2 is 2.38 bits per heavy atom. The first-order valence-electron chi connectivity index (χ1n) is 4.97. The van der Waals surface area contributed by atoms with Gasteiger partial charge in [-0.05, 0) is 23.8 Å². The zero-order chi connectivity index (χ0) is 11.8. The molecule has 16 heavy (non-hydrogen) atoms. The number of hydrogen-bond donors (Lipinski definition) is 1. The lowest BCUT2D eigenvalue weighted by Crippen LogP contribution is -2.20. The van der Waals surface area contributed by atoms with Gasteiger partial charge >= 0.3 is 0 Å². The summed E-state index contributed by atoms with van der Waals surface area (Å²) in [6.45, 7) is 3.99. The molecule has 1 N–H and O–H groups in total. The molecular formula is C13H15NO2. The fourth-order valence-electron chi connectivity index (χ4n) is 1.15. The predicted molar refractivity (Wildman–Crippen MR) is 65.2 cm³/mol. The maximum absolute atomic E-state index is 11.3. The third-order valence-corrected chi connectivity index (χ3v) is 1.94. The number of benzene rings is 1. The molecule has 3 heteroatoms. The third-order valence-electron chi connectivity index (χ3n) is 1.94. The van der Waals surface area contributed by atoms with Gasteiger partial charge in [-0.1, -0.05) is 18.2 Å². The van der Waals surface area contributed by atoms with Gasteiger partial charge in [0, 0.05) is 12.6 Å². The van der Waals surface area contributed by atoms with Crippen molar-refractivity contribution in [2.75, 3.05) is 13.7 Å². The summed E-state index contributed by atoms with van der Waals surface area (Å²) in [4.78, 5) is 11.3. The summed E-state index contributed by atoms with van der Waals surface area (Å²) in [6.07, 6.45) is 4.86. The van der Waals surface area contributed by atoms with Crippen molar-refractivity contribution >= 4 is 12.0 Å². The Bertz CT molecular complexity index is 397. The zero-order valence-electron chi connectivity index (χ0n) is 9.27. The first-order chi connectivity index (χ1) is 7.76.